The van der Waals surface area contributed by atoms with E-state index in [1.807, 2.05) is 13.0 Å². The number of para-hydroxylation sites is 1. The zero-order valence-corrected chi connectivity index (χ0v) is 15.2. The minimum Gasteiger partial charge on any atom is -0.497 e. The maximum absolute atomic E-state index is 12.3. The number of methoxy groups -OCH3 is 2. The van der Waals surface area contributed by atoms with Gasteiger partial charge in [0.1, 0.15) is 11.7 Å². The Morgan fingerprint density at radius 3 is 2.52 bits per heavy atom. The second-order valence-electron chi connectivity index (χ2n) is 6.62. The van der Waals surface area contributed by atoms with Crippen molar-refractivity contribution in [3.8, 4) is 17.2 Å². The molecule has 8 heteroatoms. The van der Waals surface area contributed by atoms with Crippen LogP contribution in [0.25, 0.3) is 0 Å². The summed E-state index contributed by atoms with van der Waals surface area (Å²) < 4.78 is 16.8. The first-order chi connectivity index (χ1) is 13.0. The number of azo groups is 1. The monoisotopic (exact) mass is 369 g/mol. The normalized spacial score (nSPS) is 28.0. The molecule has 0 amide bonds. The molecule has 0 N–H and O–H groups in total. The van der Waals surface area contributed by atoms with Crippen molar-refractivity contribution in [3.05, 3.63) is 63.7 Å². The molecule has 0 spiro atoms. The van der Waals surface area contributed by atoms with Crippen LogP contribution >= 0.6 is 0 Å². The number of fused-ring (bicyclic) bond motifs is 3. The van der Waals surface area contributed by atoms with E-state index in [1.54, 1.807) is 50.6 Å². The lowest BCUT2D eigenvalue weighted by atomic mass is 9.75. The van der Waals surface area contributed by atoms with Gasteiger partial charge < -0.3 is 14.2 Å². The van der Waals surface area contributed by atoms with Crippen LogP contribution in [0.4, 0.5) is 0 Å². The Bertz CT molecular complexity index is 914. The third-order valence-corrected chi connectivity index (χ3v) is 5.24. The third-order valence-electron chi connectivity index (χ3n) is 5.24. The lowest BCUT2D eigenvalue weighted by Crippen LogP contribution is -2.52. The molecule has 2 aromatic carbocycles. The zero-order valence-electron chi connectivity index (χ0n) is 15.2. The molecule has 0 fully saturated rings. The highest BCUT2D eigenvalue weighted by atomic mass is 16.6. The van der Waals surface area contributed by atoms with Crippen LogP contribution in [0.5, 0.6) is 17.2 Å². The molecule has 4 rings (SSSR count). The van der Waals surface area contributed by atoms with Gasteiger partial charge in [0, 0.05) is 11.1 Å². The van der Waals surface area contributed by atoms with Crippen molar-refractivity contribution in [1.29, 1.82) is 0 Å². The van der Waals surface area contributed by atoms with Crippen molar-refractivity contribution in [3.63, 3.8) is 0 Å². The molecule has 2 aromatic rings. The van der Waals surface area contributed by atoms with Gasteiger partial charge in [0.05, 0.1) is 25.2 Å². The fourth-order valence-electron chi connectivity index (χ4n) is 3.98. The molecular weight excluding hydrogens is 350 g/mol. The van der Waals surface area contributed by atoms with E-state index in [0.717, 1.165) is 0 Å². The number of hydrogen-bond acceptors (Lipinski definition) is 7. The predicted octanol–water partition coefficient (Wildman–Crippen LogP) is 3.75. The molecule has 0 saturated heterocycles. The fraction of sp³-hybridized carbons (Fsp3) is 0.368. The highest BCUT2D eigenvalue weighted by Gasteiger charge is 2.68. The summed E-state index contributed by atoms with van der Waals surface area (Å²) in [6.45, 7) is 1.83. The van der Waals surface area contributed by atoms with Gasteiger partial charge in [-0.15, -0.1) is 5.11 Å². The molecule has 0 saturated carbocycles. The maximum atomic E-state index is 12.3. The van der Waals surface area contributed by atoms with E-state index in [0.29, 0.717) is 28.4 Å². The average Bonchev–Trinajstić information content (AvgIpc) is 3.06. The van der Waals surface area contributed by atoms with E-state index in [1.165, 1.54) is 0 Å². The smallest absolute Gasteiger partial charge is 0.378 e. The molecule has 0 unspecified atom stereocenters. The molecule has 2 aliphatic rings. The fourth-order valence-corrected chi connectivity index (χ4v) is 3.98. The van der Waals surface area contributed by atoms with Crippen molar-refractivity contribution in [2.75, 3.05) is 14.2 Å². The van der Waals surface area contributed by atoms with Gasteiger partial charge in [0.15, 0.2) is 11.5 Å². The van der Waals surface area contributed by atoms with Gasteiger partial charge in [-0.1, -0.05) is 24.3 Å². The summed E-state index contributed by atoms with van der Waals surface area (Å²) in [6, 6.07) is 12.0. The van der Waals surface area contributed by atoms with Gasteiger partial charge >= 0.3 is 5.66 Å². The van der Waals surface area contributed by atoms with E-state index in [4.69, 9.17) is 14.2 Å². The first kappa shape index (κ1) is 17.3. The molecule has 4 atom stereocenters. The van der Waals surface area contributed by atoms with Crippen molar-refractivity contribution in [2.24, 2.45) is 10.2 Å². The Morgan fingerprint density at radius 2 is 1.89 bits per heavy atom. The highest BCUT2D eigenvalue weighted by Crippen LogP contribution is 2.57. The van der Waals surface area contributed by atoms with Gasteiger partial charge in [-0.2, -0.15) is 5.11 Å². The van der Waals surface area contributed by atoms with Crippen LogP contribution in [-0.2, 0) is 0 Å². The van der Waals surface area contributed by atoms with E-state index in [2.05, 4.69) is 10.2 Å². The first-order valence-corrected chi connectivity index (χ1v) is 8.57. The second-order valence-corrected chi connectivity index (χ2v) is 6.62. The van der Waals surface area contributed by atoms with Crippen LogP contribution < -0.4 is 14.2 Å². The minimum atomic E-state index is -1.73. The number of nitro groups is 1. The van der Waals surface area contributed by atoms with Crippen LogP contribution in [0.1, 0.15) is 30.1 Å². The second kappa shape index (κ2) is 6.22. The van der Waals surface area contributed by atoms with Crippen LogP contribution in [0.2, 0.25) is 0 Å². The molecule has 2 aliphatic heterocycles. The summed E-state index contributed by atoms with van der Waals surface area (Å²) >= 11 is 0. The van der Waals surface area contributed by atoms with Gasteiger partial charge in [0.2, 0.25) is 6.10 Å². The molecule has 0 bridgehead atoms. The summed E-state index contributed by atoms with van der Waals surface area (Å²) in [5.74, 6) is 1.13. The van der Waals surface area contributed by atoms with E-state index >= 15 is 0 Å². The first-order valence-electron chi connectivity index (χ1n) is 8.57. The minimum absolute atomic E-state index is 0.356. The average molecular weight is 369 g/mol. The molecule has 0 aliphatic carbocycles. The lowest BCUT2D eigenvalue weighted by molar-refractivity contribution is -0.586. The standard InChI is InChI=1S/C19H19N3O5/c1-11-16-14-5-4-6-15(26-3)17(14)27-18(19(16,21-20-11)22(23)24)12-7-9-13(25-2)10-8-12/h4-11,16,18H,1-3H3/t11-,16-,18+,19+/m1/s1. The molecule has 0 radical (unpaired) electrons. The molecule has 8 nitrogen and oxygen atoms in total. The summed E-state index contributed by atoms with van der Waals surface area (Å²) in [6.07, 6.45) is -0.944. The van der Waals surface area contributed by atoms with Gasteiger partial charge in [-0.3, -0.25) is 10.1 Å². The number of ether oxygens (including phenoxy) is 3. The number of hydrogen-bond donors (Lipinski definition) is 0. The van der Waals surface area contributed by atoms with Crippen molar-refractivity contribution in [1.82, 2.24) is 0 Å². The summed E-state index contributed by atoms with van der Waals surface area (Å²) in [7, 11) is 3.11. The Kier molecular flexibility index (Phi) is 3.98. The van der Waals surface area contributed by atoms with Gasteiger partial charge in [-0.05, 0) is 25.1 Å². The summed E-state index contributed by atoms with van der Waals surface area (Å²) in [4.78, 5) is 11.9. The van der Waals surface area contributed by atoms with Gasteiger partial charge in [-0.25, -0.2) is 0 Å². The van der Waals surface area contributed by atoms with Crippen LogP contribution in [0.3, 0.4) is 0 Å². The molecular formula is C19H19N3O5. The van der Waals surface area contributed by atoms with Crippen molar-refractivity contribution in [2.45, 2.75) is 30.7 Å². The maximum Gasteiger partial charge on any atom is 0.378 e. The molecule has 27 heavy (non-hydrogen) atoms. The third kappa shape index (κ3) is 2.36. The topological polar surface area (TPSA) is 95.5 Å². The quantitative estimate of drug-likeness (QED) is 0.604. The van der Waals surface area contributed by atoms with Crippen molar-refractivity contribution < 1.29 is 19.1 Å². The van der Waals surface area contributed by atoms with E-state index in [9.17, 15) is 10.1 Å². The summed E-state index contributed by atoms with van der Waals surface area (Å²) in [5, 5.41) is 20.6. The molecule has 2 heterocycles. The highest BCUT2D eigenvalue weighted by molar-refractivity contribution is 5.53. The molecule has 140 valence electrons. The van der Waals surface area contributed by atoms with Crippen LogP contribution in [0.15, 0.2) is 52.7 Å². The largest absolute Gasteiger partial charge is 0.497 e. The number of nitrogens with zero attached hydrogens (tertiary/aromatic N) is 3. The van der Waals surface area contributed by atoms with Gasteiger partial charge in [0.25, 0.3) is 0 Å². The molecule has 0 aromatic heterocycles. The Balaban J connectivity index is 1.94. The lowest BCUT2D eigenvalue weighted by Gasteiger charge is -2.38. The predicted molar refractivity (Wildman–Crippen MR) is 96.1 cm³/mol. The van der Waals surface area contributed by atoms with E-state index < -0.39 is 17.7 Å². The number of rotatable bonds is 4. The van der Waals surface area contributed by atoms with Crippen LogP contribution in [-0.4, -0.2) is 30.8 Å². The SMILES string of the molecule is COc1ccc([C@@H]2Oc3c(OC)cccc3[C@H]3[C@@H](C)N=N[C@@]23[N+](=O)[O-])cc1. The number of benzene rings is 2. The van der Waals surface area contributed by atoms with Crippen LogP contribution in [0, 0.1) is 10.1 Å². The zero-order chi connectivity index (χ0) is 19.2. The summed E-state index contributed by atoms with van der Waals surface area (Å²) in [5.41, 5.74) is -0.414. The Morgan fingerprint density at radius 1 is 1.15 bits per heavy atom. The Labute approximate surface area is 155 Å². The van der Waals surface area contributed by atoms with E-state index in [-0.39, 0.29) is 11.0 Å². The Hall–Kier alpha value is -3.16. The van der Waals surface area contributed by atoms with Crippen molar-refractivity contribution >= 4 is 0 Å².